The molecule has 75 heavy (non-hydrogen) atoms. The maximum atomic E-state index is 12.6. The van der Waals surface area contributed by atoms with Gasteiger partial charge in [0, 0.05) is 4.47 Å². The molecule has 8 bridgehead atoms. The van der Waals surface area contributed by atoms with E-state index in [4.69, 9.17) is 19.9 Å². The van der Waals surface area contributed by atoms with E-state index in [9.17, 15) is 5.11 Å². The number of benzene rings is 4. The molecule has 391 valence electrons. The van der Waals surface area contributed by atoms with Crippen LogP contribution in [0, 0.1) is 0 Å². The predicted molar refractivity (Wildman–Crippen MR) is 320 cm³/mol. The van der Waals surface area contributed by atoms with Crippen LogP contribution in [0.15, 0.2) is 102 Å². The Bertz CT molecular complexity index is 3520. The molecule has 4 aromatic carbocycles. The largest absolute Gasteiger partial charge is 2.00 e. The van der Waals surface area contributed by atoms with E-state index in [1.54, 1.807) is 0 Å². The molecule has 0 spiro atoms. The maximum absolute atomic E-state index is 12.6. The fourth-order valence-corrected chi connectivity index (χ4v) is 10.1. The number of fused-ring (bicyclic) bond motifs is 8. The van der Waals surface area contributed by atoms with Gasteiger partial charge >= 0.3 is 17.1 Å². The van der Waals surface area contributed by atoms with Crippen LogP contribution in [0.1, 0.15) is 181 Å². The quantitative estimate of drug-likeness (QED) is 0.178. The second kappa shape index (κ2) is 19.4. The zero-order valence-corrected chi connectivity index (χ0v) is 50.0. The van der Waals surface area contributed by atoms with Crippen molar-refractivity contribution in [1.29, 1.82) is 0 Å². The third-order valence-electron chi connectivity index (χ3n) is 14.7. The predicted octanol–water partition coefficient (Wildman–Crippen LogP) is 18.8. The van der Waals surface area contributed by atoms with Gasteiger partial charge in [0.15, 0.2) is 0 Å². The number of hydrogen-bond donors (Lipinski definition) is 1. The topological polar surface area (TPSA) is 74.2 Å². The van der Waals surface area contributed by atoms with Crippen LogP contribution < -0.4 is 9.97 Å². The fraction of sp³-hybridized carbons (Fsp3) is 0.353. The van der Waals surface area contributed by atoms with Crippen LogP contribution in [0.2, 0.25) is 0 Å². The van der Waals surface area contributed by atoms with Gasteiger partial charge in [-0.25, -0.2) is 9.97 Å². The first-order chi connectivity index (χ1) is 34.2. The molecule has 1 N–H and O–H groups in total. The summed E-state index contributed by atoms with van der Waals surface area (Å²) in [5.41, 5.74) is 19.7. The number of nitrogens with zero attached hydrogens (tertiary/aromatic N) is 4. The molecule has 0 amide bonds. The van der Waals surface area contributed by atoms with Crippen molar-refractivity contribution >= 4 is 62.3 Å². The molecule has 0 saturated heterocycles. The zero-order valence-electron chi connectivity index (χ0n) is 47.5. The van der Waals surface area contributed by atoms with Crippen molar-refractivity contribution in [2.24, 2.45) is 0 Å². The first-order valence-corrected chi connectivity index (χ1v) is 27.1. The third kappa shape index (κ3) is 11.3. The van der Waals surface area contributed by atoms with Gasteiger partial charge in [-0.15, -0.1) is 16.6 Å². The minimum absolute atomic E-state index is 0. The molecule has 7 aromatic rings. The van der Waals surface area contributed by atoms with Crippen LogP contribution in [0.4, 0.5) is 0 Å². The number of aromatic hydroxyl groups is 1. The molecular weight excluding hydrogens is 1030 g/mol. The van der Waals surface area contributed by atoms with E-state index in [1.165, 1.54) is 33.4 Å². The molecule has 2 aliphatic rings. The van der Waals surface area contributed by atoms with Crippen molar-refractivity contribution in [2.75, 3.05) is 0 Å². The van der Waals surface area contributed by atoms with Crippen molar-refractivity contribution in [2.45, 2.75) is 157 Å². The van der Waals surface area contributed by atoms with Gasteiger partial charge < -0.3 is 15.1 Å². The molecule has 2 aliphatic heterocycles. The van der Waals surface area contributed by atoms with Crippen molar-refractivity contribution in [3.05, 3.63) is 158 Å². The first kappa shape index (κ1) is 55.5. The average molecular weight is 1110 g/mol. The Labute approximate surface area is 466 Å². The number of rotatable bonds is 4. The zero-order chi connectivity index (χ0) is 53.8. The van der Waals surface area contributed by atoms with Gasteiger partial charge in [0.2, 0.25) is 0 Å². The van der Waals surface area contributed by atoms with Gasteiger partial charge in [-0.2, -0.15) is 0 Å². The van der Waals surface area contributed by atoms with Gasteiger partial charge in [-0.1, -0.05) is 225 Å². The van der Waals surface area contributed by atoms with Gasteiger partial charge in [-0.05, 0) is 153 Å². The standard InChI is InChI=1S/C68H75BrN4O.Cu/c1-63(2,3)43-29-40(30-44(35-43)64(4,5)6)59-51-24-23-50(70-51)58(39-19-21-49(69)22-20-39)56-38-57(74)62(73-56)61(42-33-47(67(13,14)15)37-48(34-42)68(16,17)18)55-28-27-54(72-55)60(53-26-25-52(59)71-53)41-31-45(65(7,8)9)36-46(32-41)66(10,11)12;/h19-38H,1-18H3,(H-2,70,71,72,73,74);/q-2;+2. The Morgan fingerprint density at radius 3 is 0.960 bits per heavy atom. The molecule has 3 aromatic heterocycles. The summed E-state index contributed by atoms with van der Waals surface area (Å²) in [6, 6.07) is 35.4. The average Bonchev–Trinajstić information content (AvgIpc) is 4.13. The Kier molecular flexibility index (Phi) is 14.3. The molecule has 0 saturated carbocycles. The normalized spacial score (nSPS) is 13.4. The van der Waals surface area contributed by atoms with Crippen LogP contribution in [-0.4, -0.2) is 15.1 Å². The molecule has 0 aliphatic carbocycles. The van der Waals surface area contributed by atoms with E-state index in [0.29, 0.717) is 16.7 Å². The van der Waals surface area contributed by atoms with E-state index in [-0.39, 0.29) is 55.3 Å². The third-order valence-corrected chi connectivity index (χ3v) is 15.2. The Balaban J connectivity index is 0.00000747. The summed E-state index contributed by atoms with van der Waals surface area (Å²) >= 11 is 3.69. The minimum Gasteiger partial charge on any atom is -0.657 e. The van der Waals surface area contributed by atoms with E-state index < -0.39 is 0 Å². The van der Waals surface area contributed by atoms with Crippen molar-refractivity contribution in [1.82, 2.24) is 19.9 Å². The van der Waals surface area contributed by atoms with Gasteiger partial charge in [-0.3, -0.25) is 0 Å². The van der Waals surface area contributed by atoms with Crippen molar-refractivity contribution < 1.29 is 22.2 Å². The molecule has 5 heterocycles. The maximum Gasteiger partial charge on any atom is 2.00 e. The smallest absolute Gasteiger partial charge is 0.657 e. The second-order valence-electron chi connectivity index (χ2n) is 26.9. The first-order valence-electron chi connectivity index (χ1n) is 26.3. The monoisotopic (exact) mass is 1110 g/mol. The molecular formula is C68H75BrCuN4O. The van der Waals surface area contributed by atoms with E-state index >= 15 is 0 Å². The van der Waals surface area contributed by atoms with E-state index in [1.807, 2.05) is 18.2 Å². The Morgan fingerprint density at radius 1 is 0.347 bits per heavy atom. The summed E-state index contributed by atoms with van der Waals surface area (Å²) in [6.45, 7) is 40.9. The van der Waals surface area contributed by atoms with Crippen LogP contribution >= 0.6 is 15.9 Å². The molecule has 5 nitrogen and oxygen atoms in total. The number of halogens is 1. The van der Waals surface area contributed by atoms with Crippen LogP contribution in [0.25, 0.3) is 90.9 Å². The summed E-state index contributed by atoms with van der Waals surface area (Å²) in [6.07, 6.45) is 8.46. The van der Waals surface area contributed by atoms with Crippen LogP contribution in [0.3, 0.4) is 0 Å². The number of aromatic nitrogens is 4. The minimum atomic E-state index is -0.168. The summed E-state index contributed by atoms with van der Waals surface area (Å²) in [5, 5.41) is 12.6. The summed E-state index contributed by atoms with van der Waals surface area (Å²) in [7, 11) is 0. The van der Waals surface area contributed by atoms with Gasteiger partial charge in [0.05, 0.1) is 28.5 Å². The summed E-state index contributed by atoms with van der Waals surface area (Å²) < 4.78 is 0.963. The van der Waals surface area contributed by atoms with Crippen LogP contribution in [-0.2, 0) is 49.6 Å². The Hall–Kier alpha value is -5.72. The second-order valence-corrected chi connectivity index (χ2v) is 27.8. The molecule has 9 rings (SSSR count). The van der Waals surface area contributed by atoms with Crippen molar-refractivity contribution in [3.8, 4) is 50.3 Å². The molecule has 7 heteroatoms. The van der Waals surface area contributed by atoms with Gasteiger partial charge in [0.25, 0.3) is 0 Å². The van der Waals surface area contributed by atoms with E-state index in [2.05, 4.69) is 244 Å². The van der Waals surface area contributed by atoms with Crippen LogP contribution in [0.5, 0.6) is 5.75 Å². The molecule has 0 fully saturated rings. The molecule has 0 atom stereocenters. The van der Waals surface area contributed by atoms with Gasteiger partial charge in [0.1, 0.15) is 0 Å². The van der Waals surface area contributed by atoms with Crippen molar-refractivity contribution in [3.63, 3.8) is 0 Å². The number of hydrogen-bond acceptors (Lipinski definition) is 3. The summed E-state index contributed by atoms with van der Waals surface area (Å²) in [5.74, 6) is 0.0727. The SMILES string of the molecule is CC(C)(C)c1cc(-c2c3nc(c(-c4ccc(Br)cc4)c4cc(O)c([n-]4)c(-c4cc(C(C)(C)C)cc(C(C)(C)C)c4)c4nc(c(-c5cc(C(C)(C)C)cc(C(C)(C)C)c5)c5ccc2[n-]5)C=C4)C=C3)cc(C(C)(C)C)c1.[Cu+2]. The molecule has 1 radical (unpaired) electrons. The summed E-state index contributed by atoms with van der Waals surface area (Å²) in [4.78, 5) is 22.5. The Morgan fingerprint density at radius 2 is 0.640 bits per heavy atom. The fourth-order valence-electron chi connectivity index (χ4n) is 9.86. The molecule has 0 unspecified atom stereocenters. The van der Waals surface area contributed by atoms with E-state index in [0.717, 1.165) is 77.1 Å².